The van der Waals surface area contributed by atoms with Crippen molar-refractivity contribution >= 4 is 11.6 Å². The molecule has 0 spiro atoms. The number of hydrogen-bond acceptors (Lipinski definition) is 5. The molecular formula is C19H20FN5O2. The molecular weight excluding hydrogens is 349 g/mol. The number of hydrogen-bond donors (Lipinski definition) is 1. The molecule has 27 heavy (non-hydrogen) atoms. The lowest BCUT2D eigenvalue weighted by atomic mass is 10.2. The average Bonchev–Trinajstić information content (AvgIpc) is 3.07. The van der Waals surface area contributed by atoms with E-state index in [0.717, 1.165) is 0 Å². The number of tetrazole rings is 1. The van der Waals surface area contributed by atoms with Crippen LogP contribution >= 0.6 is 0 Å². The van der Waals surface area contributed by atoms with E-state index in [2.05, 4.69) is 34.7 Å². The maximum Gasteiger partial charge on any atom is 0.255 e. The molecule has 0 radical (unpaired) electrons. The number of anilines is 1. The summed E-state index contributed by atoms with van der Waals surface area (Å²) >= 11 is 0. The van der Waals surface area contributed by atoms with Crippen LogP contribution in [0.1, 0.15) is 30.0 Å². The van der Waals surface area contributed by atoms with Crippen molar-refractivity contribution in [1.29, 1.82) is 0 Å². The molecule has 0 unspecified atom stereocenters. The Morgan fingerprint density at radius 3 is 2.78 bits per heavy atom. The fraction of sp³-hybridized carbons (Fsp3) is 0.263. The summed E-state index contributed by atoms with van der Waals surface area (Å²) < 4.78 is 21.1. The van der Waals surface area contributed by atoms with Gasteiger partial charge in [-0.2, -0.15) is 4.68 Å². The molecule has 3 rings (SSSR count). The van der Waals surface area contributed by atoms with Gasteiger partial charge >= 0.3 is 0 Å². The molecule has 0 atom stereocenters. The van der Waals surface area contributed by atoms with Gasteiger partial charge in [-0.15, -0.1) is 5.10 Å². The van der Waals surface area contributed by atoms with E-state index < -0.39 is 5.82 Å². The molecule has 2 aromatic carbocycles. The maximum absolute atomic E-state index is 14.1. The number of nitrogens with zero attached hydrogens (tertiary/aromatic N) is 4. The van der Waals surface area contributed by atoms with Gasteiger partial charge in [0.05, 0.1) is 6.61 Å². The monoisotopic (exact) mass is 369 g/mol. The Bertz CT molecular complexity index is 955. The minimum atomic E-state index is -0.493. The lowest BCUT2D eigenvalue weighted by Gasteiger charge is -2.11. The van der Waals surface area contributed by atoms with Crippen LogP contribution in [0.3, 0.4) is 0 Å². The van der Waals surface area contributed by atoms with E-state index in [4.69, 9.17) is 4.74 Å². The molecule has 140 valence electrons. The number of amides is 1. The van der Waals surface area contributed by atoms with E-state index in [1.165, 1.54) is 22.9 Å². The van der Waals surface area contributed by atoms with Crippen molar-refractivity contribution in [2.75, 3.05) is 11.9 Å². The number of carbonyl (C=O) groups excluding carboxylic acids is 1. The molecule has 0 aliphatic rings. The molecule has 7 nitrogen and oxygen atoms in total. The van der Waals surface area contributed by atoms with E-state index in [-0.39, 0.29) is 11.6 Å². The molecule has 1 heterocycles. The Balaban J connectivity index is 1.79. The number of rotatable bonds is 6. The number of aromatic nitrogens is 4. The van der Waals surface area contributed by atoms with Crippen molar-refractivity contribution in [3.63, 3.8) is 0 Å². The molecule has 1 N–H and O–H groups in total. The van der Waals surface area contributed by atoms with Gasteiger partial charge < -0.3 is 10.1 Å². The van der Waals surface area contributed by atoms with Crippen molar-refractivity contribution in [2.24, 2.45) is 5.92 Å². The minimum Gasteiger partial charge on any atom is -0.493 e. The first-order valence-electron chi connectivity index (χ1n) is 8.53. The lowest BCUT2D eigenvalue weighted by molar-refractivity contribution is 0.102. The van der Waals surface area contributed by atoms with Crippen molar-refractivity contribution in [2.45, 2.75) is 20.8 Å². The fourth-order valence-corrected chi connectivity index (χ4v) is 2.40. The Hall–Kier alpha value is -3.29. The molecule has 0 saturated carbocycles. The number of nitrogens with one attached hydrogen (secondary N) is 1. The number of ether oxygens (including phenoxy) is 1. The summed E-state index contributed by atoms with van der Waals surface area (Å²) in [5, 5.41) is 13.8. The number of aryl methyl sites for hydroxylation is 1. The van der Waals surface area contributed by atoms with Gasteiger partial charge in [0.25, 0.3) is 5.91 Å². The minimum absolute atomic E-state index is 0.157. The van der Waals surface area contributed by atoms with Crippen LogP contribution in [0.2, 0.25) is 0 Å². The highest BCUT2D eigenvalue weighted by Crippen LogP contribution is 2.20. The summed E-state index contributed by atoms with van der Waals surface area (Å²) in [6.07, 6.45) is 0. The number of benzene rings is 2. The second-order valence-corrected chi connectivity index (χ2v) is 6.49. The summed E-state index contributed by atoms with van der Waals surface area (Å²) in [6, 6.07) is 11.1. The number of halogens is 1. The van der Waals surface area contributed by atoms with Crippen LogP contribution < -0.4 is 10.1 Å². The summed E-state index contributed by atoms with van der Waals surface area (Å²) in [6.45, 7) is 6.33. The highest BCUT2D eigenvalue weighted by molar-refractivity contribution is 6.04. The van der Waals surface area contributed by atoms with Crippen molar-refractivity contribution in [3.8, 4) is 11.4 Å². The topological polar surface area (TPSA) is 81.9 Å². The van der Waals surface area contributed by atoms with Crippen LogP contribution in [0.25, 0.3) is 5.69 Å². The molecule has 0 aliphatic heterocycles. The van der Waals surface area contributed by atoms with Crippen LogP contribution in [-0.4, -0.2) is 32.7 Å². The molecule has 1 amide bonds. The largest absolute Gasteiger partial charge is 0.493 e. The zero-order valence-corrected chi connectivity index (χ0v) is 15.3. The molecule has 1 aromatic heterocycles. The van der Waals surface area contributed by atoms with E-state index in [1.807, 2.05) is 0 Å². The highest BCUT2D eigenvalue weighted by Gasteiger charge is 2.13. The van der Waals surface area contributed by atoms with Gasteiger partial charge in [-0.25, -0.2) is 4.39 Å². The van der Waals surface area contributed by atoms with Gasteiger partial charge in [-0.05, 0) is 59.7 Å². The Labute approximate surface area is 156 Å². The van der Waals surface area contributed by atoms with Crippen LogP contribution in [0.15, 0.2) is 42.5 Å². The molecule has 0 fully saturated rings. The summed E-state index contributed by atoms with van der Waals surface area (Å²) in [4.78, 5) is 12.5. The number of carbonyl (C=O) groups is 1. The van der Waals surface area contributed by atoms with Crippen molar-refractivity contribution < 1.29 is 13.9 Å². The van der Waals surface area contributed by atoms with Crippen molar-refractivity contribution in [3.05, 3.63) is 59.7 Å². The predicted molar refractivity (Wildman–Crippen MR) is 98.6 cm³/mol. The third-order valence-electron chi connectivity index (χ3n) is 3.74. The van der Waals surface area contributed by atoms with Crippen LogP contribution in [0, 0.1) is 18.7 Å². The van der Waals surface area contributed by atoms with Gasteiger partial charge in [0.2, 0.25) is 0 Å². The molecule has 8 heteroatoms. The first-order valence-corrected chi connectivity index (χ1v) is 8.53. The van der Waals surface area contributed by atoms with Gasteiger partial charge in [-0.3, -0.25) is 4.79 Å². The quantitative estimate of drug-likeness (QED) is 0.720. The van der Waals surface area contributed by atoms with Gasteiger partial charge in [0, 0.05) is 11.3 Å². The van der Waals surface area contributed by atoms with E-state index in [9.17, 15) is 9.18 Å². The Morgan fingerprint density at radius 2 is 2.07 bits per heavy atom. The second kappa shape index (κ2) is 7.94. The summed E-state index contributed by atoms with van der Waals surface area (Å²) in [7, 11) is 0. The first kappa shape index (κ1) is 18.5. The van der Waals surface area contributed by atoms with Gasteiger partial charge in [-0.1, -0.05) is 19.9 Å². The van der Waals surface area contributed by atoms with E-state index >= 15 is 0 Å². The third-order valence-corrected chi connectivity index (χ3v) is 3.74. The maximum atomic E-state index is 14.1. The van der Waals surface area contributed by atoms with E-state index in [0.29, 0.717) is 35.3 Å². The van der Waals surface area contributed by atoms with Crippen LogP contribution in [0.4, 0.5) is 10.1 Å². The Kier molecular flexibility index (Phi) is 5.44. The zero-order chi connectivity index (χ0) is 19.4. The molecule has 0 aliphatic carbocycles. The van der Waals surface area contributed by atoms with Gasteiger partial charge in [0.15, 0.2) is 5.82 Å². The van der Waals surface area contributed by atoms with Crippen LogP contribution in [-0.2, 0) is 0 Å². The highest BCUT2D eigenvalue weighted by atomic mass is 19.1. The smallest absolute Gasteiger partial charge is 0.255 e. The first-order chi connectivity index (χ1) is 12.9. The standard InChI is InChI=1S/C19H20FN5O2/c1-12(2)11-27-16-6-4-5-14(9-16)19(26)21-15-7-8-17(20)18(10-15)25-13(3)22-23-24-25/h4-10,12H,11H2,1-3H3,(H,21,26). The molecule has 0 saturated heterocycles. The fourth-order valence-electron chi connectivity index (χ4n) is 2.40. The summed E-state index contributed by atoms with van der Waals surface area (Å²) in [5.74, 6) is 0.631. The van der Waals surface area contributed by atoms with Crippen molar-refractivity contribution in [1.82, 2.24) is 20.2 Å². The van der Waals surface area contributed by atoms with Gasteiger partial charge in [0.1, 0.15) is 17.3 Å². The van der Waals surface area contributed by atoms with E-state index in [1.54, 1.807) is 31.2 Å². The molecule has 0 bridgehead atoms. The summed E-state index contributed by atoms with van der Waals surface area (Å²) in [5.41, 5.74) is 1.03. The third kappa shape index (κ3) is 4.46. The normalized spacial score (nSPS) is 10.9. The average molecular weight is 369 g/mol. The lowest BCUT2D eigenvalue weighted by Crippen LogP contribution is -2.13. The predicted octanol–water partition coefficient (Wildman–Crippen LogP) is 3.40. The molecule has 3 aromatic rings. The second-order valence-electron chi connectivity index (χ2n) is 6.49. The SMILES string of the molecule is Cc1nnnn1-c1cc(NC(=O)c2cccc(OCC(C)C)c2)ccc1F. The van der Waals surface area contributed by atoms with Crippen LogP contribution in [0.5, 0.6) is 5.75 Å². The Morgan fingerprint density at radius 1 is 1.26 bits per heavy atom. The zero-order valence-electron chi connectivity index (χ0n) is 15.3.